The molecule has 0 spiro atoms. The van der Waals surface area contributed by atoms with Crippen molar-refractivity contribution in [3.63, 3.8) is 0 Å². The molecule has 0 radical (unpaired) electrons. The molecule has 0 aromatic heterocycles. The van der Waals surface area contributed by atoms with Gasteiger partial charge >= 0.3 is 5.97 Å². The van der Waals surface area contributed by atoms with Gasteiger partial charge < -0.3 is 15.3 Å². The first kappa shape index (κ1) is 16.8. The molecule has 2 N–H and O–H groups in total. The maximum absolute atomic E-state index is 12.4. The van der Waals surface area contributed by atoms with Gasteiger partial charge in [-0.1, -0.05) is 6.92 Å². The van der Waals surface area contributed by atoms with Crippen LogP contribution in [0, 0.1) is 5.92 Å². The Kier molecular flexibility index (Phi) is 6.84. The number of nitrogens with one attached hydrogen (secondary N) is 1. The number of carbonyl (C=O) groups excluding carboxylic acids is 2. The Labute approximate surface area is 123 Å². The first-order chi connectivity index (χ1) is 9.49. The zero-order chi connectivity index (χ0) is 15.1. The molecule has 2 unspecified atom stereocenters. The summed E-state index contributed by atoms with van der Waals surface area (Å²) in [5, 5.41) is 11.7. The minimum Gasteiger partial charge on any atom is -0.481 e. The second-order valence-electron chi connectivity index (χ2n) is 4.86. The summed E-state index contributed by atoms with van der Waals surface area (Å²) in [6.45, 7) is 2.43. The number of hydrogen-bond donors (Lipinski definition) is 2. The fourth-order valence-electron chi connectivity index (χ4n) is 2.17. The summed E-state index contributed by atoms with van der Waals surface area (Å²) in [6.07, 6.45) is 3.33. The van der Waals surface area contributed by atoms with E-state index in [2.05, 4.69) is 5.32 Å². The number of hydrogen-bond acceptors (Lipinski definition) is 4. The third-order valence-electron chi connectivity index (χ3n) is 3.41. The Balaban J connectivity index is 2.62. The molecule has 7 heteroatoms. The second-order valence-corrected chi connectivity index (χ2v) is 5.85. The molecular formula is C13H22N2O4S. The average Bonchev–Trinajstić information content (AvgIpc) is 2.92. The van der Waals surface area contributed by atoms with Crippen molar-refractivity contribution >= 4 is 29.5 Å². The minimum absolute atomic E-state index is 0.154. The van der Waals surface area contributed by atoms with E-state index in [1.807, 2.05) is 6.26 Å². The fourth-order valence-corrected chi connectivity index (χ4v) is 2.64. The first-order valence-corrected chi connectivity index (χ1v) is 8.18. The molecule has 1 heterocycles. The summed E-state index contributed by atoms with van der Waals surface area (Å²) in [5.74, 6) is -0.889. The lowest BCUT2D eigenvalue weighted by molar-refractivity contribution is -0.142. The van der Waals surface area contributed by atoms with Crippen molar-refractivity contribution in [3.8, 4) is 0 Å². The van der Waals surface area contributed by atoms with E-state index >= 15 is 0 Å². The van der Waals surface area contributed by atoms with Crippen molar-refractivity contribution in [2.45, 2.75) is 32.2 Å². The summed E-state index contributed by atoms with van der Waals surface area (Å²) >= 11 is 1.61. The van der Waals surface area contributed by atoms with Crippen LogP contribution in [0.1, 0.15) is 26.2 Å². The third kappa shape index (κ3) is 4.70. The van der Waals surface area contributed by atoms with Crippen molar-refractivity contribution in [2.24, 2.45) is 5.92 Å². The van der Waals surface area contributed by atoms with Gasteiger partial charge in [0, 0.05) is 19.5 Å². The smallest absolute Gasteiger partial charge is 0.308 e. The molecule has 0 aliphatic carbocycles. The highest BCUT2D eigenvalue weighted by molar-refractivity contribution is 7.98. The van der Waals surface area contributed by atoms with Gasteiger partial charge in [0.25, 0.3) is 0 Å². The maximum Gasteiger partial charge on any atom is 0.308 e. The lowest BCUT2D eigenvalue weighted by Gasteiger charge is -2.24. The predicted molar refractivity (Wildman–Crippen MR) is 77.5 cm³/mol. The van der Waals surface area contributed by atoms with E-state index < -0.39 is 17.9 Å². The van der Waals surface area contributed by atoms with Crippen molar-refractivity contribution in [1.29, 1.82) is 0 Å². The monoisotopic (exact) mass is 302 g/mol. The molecule has 1 aliphatic heterocycles. The Hall–Kier alpha value is -1.24. The Morgan fingerprint density at radius 2 is 2.15 bits per heavy atom. The second kappa shape index (κ2) is 8.14. The Bertz CT molecular complexity index is 375. The molecule has 6 nitrogen and oxygen atoms in total. The molecule has 1 fully saturated rings. The maximum atomic E-state index is 12.4. The summed E-state index contributed by atoms with van der Waals surface area (Å²) in [7, 11) is 0. The molecule has 1 rings (SSSR count). The van der Waals surface area contributed by atoms with Gasteiger partial charge in [0.2, 0.25) is 11.8 Å². The summed E-state index contributed by atoms with van der Waals surface area (Å²) in [6, 6.07) is -0.539. The van der Waals surface area contributed by atoms with Crippen LogP contribution in [0.2, 0.25) is 0 Å². The minimum atomic E-state index is -0.862. The van der Waals surface area contributed by atoms with E-state index in [4.69, 9.17) is 5.11 Å². The first-order valence-electron chi connectivity index (χ1n) is 6.79. The highest BCUT2D eigenvalue weighted by Gasteiger charge is 2.34. The SMILES string of the molecule is CCC(=O)NC(CCSC)C(=O)N1CCC(C(=O)O)C1. The molecule has 2 amide bonds. The standard InChI is InChI=1S/C13H22N2O4S/c1-3-11(16)14-10(5-7-20-2)12(17)15-6-4-9(8-15)13(18)19/h9-10H,3-8H2,1-2H3,(H,14,16)(H,18,19). The predicted octanol–water partition coefficient (Wildman–Crippen LogP) is 0.567. The molecule has 1 saturated heterocycles. The number of carboxylic acids is 1. The number of aliphatic carboxylic acids is 1. The van der Waals surface area contributed by atoms with Crippen LogP contribution in [0.15, 0.2) is 0 Å². The van der Waals surface area contributed by atoms with Gasteiger partial charge in [-0.15, -0.1) is 0 Å². The van der Waals surface area contributed by atoms with Crippen LogP contribution in [0.5, 0.6) is 0 Å². The van der Waals surface area contributed by atoms with Gasteiger partial charge in [0.05, 0.1) is 5.92 Å². The van der Waals surface area contributed by atoms with Crippen molar-refractivity contribution in [2.75, 3.05) is 25.1 Å². The zero-order valence-electron chi connectivity index (χ0n) is 11.9. The van der Waals surface area contributed by atoms with Crippen molar-refractivity contribution in [1.82, 2.24) is 10.2 Å². The molecule has 0 aromatic rings. The Morgan fingerprint density at radius 3 is 2.65 bits per heavy atom. The highest BCUT2D eigenvalue weighted by Crippen LogP contribution is 2.18. The zero-order valence-corrected chi connectivity index (χ0v) is 12.7. The number of rotatable bonds is 7. The molecule has 20 heavy (non-hydrogen) atoms. The van der Waals surface area contributed by atoms with E-state index in [9.17, 15) is 14.4 Å². The van der Waals surface area contributed by atoms with Gasteiger partial charge in [0.15, 0.2) is 0 Å². The van der Waals surface area contributed by atoms with Crippen LogP contribution in [-0.4, -0.2) is 58.9 Å². The normalized spacial score (nSPS) is 19.7. The van der Waals surface area contributed by atoms with E-state index in [-0.39, 0.29) is 18.4 Å². The van der Waals surface area contributed by atoms with Crippen LogP contribution in [0.3, 0.4) is 0 Å². The average molecular weight is 302 g/mol. The quantitative estimate of drug-likeness (QED) is 0.718. The van der Waals surface area contributed by atoms with Crippen LogP contribution >= 0.6 is 11.8 Å². The topological polar surface area (TPSA) is 86.7 Å². The Morgan fingerprint density at radius 1 is 1.45 bits per heavy atom. The van der Waals surface area contributed by atoms with E-state index in [0.717, 1.165) is 5.75 Å². The molecule has 0 bridgehead atoms. The summed E-state index contributed by atoms with van der Waals surface area (Å²) < 4.78 is 0. The lowest BCUT2D eigenvalue weighted by Crippen LogP contribution is -2.48. The summed E-state index contributed by atoms with van der Waals surface area (Å²) in [4.78, 5) is 36.4. The molecule has 1 aliphatic rings. The lowest BCUT2D eigenvalue weighted by atomic mass is 10.1. The van der Waals surface area contributed by atoms with E-state index in [1.54, 1.807) is 23.6 Å². The molecule has 0 aromatic carbocycles. The van der Waals surface area contributed by atoms with Gasteiger partial charge in [0.1, 0.15) is 6.04 Å². The van der Waals surface area contributed by atoms with Crippen molar-refractivity contribution in [3.05, 3.63) is 0 Å². The van der Waals surface area contributed by atoms with Crippen LogP contribution in [0.25, 0.3) is 0 Å². The third-order valence-corrected chi connectivity index (χ3v) is 4.06. The van der Waals surface area contributed by atoms with Gasteiger partial charge in [-0.05, 0) is 24.9 Å². The molecule has 0 saturated carbocycles. The van der Waals surface area contributed by atoms with Crippen LogP contribution in [0.4, 0.5) is 0 Å². The number of carbonyl (C=O) groups is 3. The van der Waals surface area contributed by atoms with E-state index in [1.165, 1.54) is 0 Å². The molecular weight excluding hydrogens is 280 g/mol. The number of thioether (sulfide) groups is 1. The molecule has 114 valence electrons. The van der Waals surface area contributed by atoms with Gasteiger partial charge in [-0.25, -0.2) is 0 Å². The van der Waals surface area contributed by atoms with Crippen molar-refractivity contribution < 1.29 is 19.5 Å². The van der Waals surface area contributed by atoms with Crippen LogP contribution < -0.4 is 5.32 Å². The summed E-state index contributed by atoms with van der Waals surface area (Å²) in [5.41, 5.74) is 0. The number of carboxylic acid groups (broad SMARTS) is 1. The van der Waals surface area contributed by atoms with E-state index in [0.29, 0.717) is 25.8 Å². The number of nitrogens with zero attached hydrogens (tertiary/aromatic N) is 1. The highest BCUT2D eigenvalue weighted by atomic mass is 32.2. The van der Waals surface area contributed by atoms with Gasteiger partial charge in [-0.2, -0.15) is 11.8 Å². The molecule has 2 atom stereocenters. The van der Waals surface area contributed by atoms with Gasteiger partial charge in [-0.3, -0.25) is 14.4 Å². The number of likely N-dealkylation sites (tertiary alicyclic amines) is 1. The fraction of sp³-hybridized carbons (Fsp3) is 0.769. The number of amides is 2. The van der Waals surface area contributed by atoms with Crippen LogP contribution in [-0.2, 0) is 14.4 Å². The largest absolute Gasteiger partial charge is 0.481 e.